The van der Waals surface area contributed by atoms with Gasteiger partial charge in [0.1, 0.15) is 0 Å². The van der Waals surface area contributed by atoms with Gasteiger partial charge in [-0.05, 0) is 18.2 Å². The third-order valence-electron chi connectivity index (χ3n) is 2.52. The maximum atomic E-state index is 10.5. The molecule has 8 heteroatoms. The summed E-state index contributed by atoms with van der Waals surface area (Å²) in [6, 6.07) is 5.17. The zero-order valence-electron chi connectivity index (χ0n) is 10.5. The molecule has 0 spiro atoms. The highest BCUT2D eigenvalue weighted by atomic mass is 35.5. The standard InChI is InChI=1S/C12H11Cl2N3O3/c1-17(3-2-10(18)19)12-15-11(16-20-12)7-4-8(13)6-9(14)5-7/h4-6H,2-3H2,1H3,(H,18,19). The molecule has 2 rings (SSSR count). The lowest BCUT2D eigenvalue weighted by atomic mass is 10.2. The Balaban J connectivity index is 2.17. The third-order valence-corrected chi connectivity index (χ3v) is 2.96. The van der Waals surface area contributed by atoms with Crippen LogP contribution in [0.3, 0.4) is 0 Å². The van der Waals surface area contributed by atoms with Crippen LogP contribution in [-0.4, -0.2) is 34.8 Å². The fraction of sp³-hybridized carbons (Fsp3) is 0.250. The predicted octanol–water partition coefficient (Wildman–Crippen LogP) is 2.95. The van der Waals surface area contributed by atoms with Crippen LogP contribution in [0, 0.1) is 0 Å². The molecule has 106 valence electrons. The van der Waals surface area contributed by atoms with E-state index < -0.39 is 5.97 Å². The van der Waals surface area contributed by atoms with E-state index in [-0.39, 0.29) is 19.0 Å². The summed E-state index contributed by atoms with van der Waals surface area (Å²) in [7, 11) is 1.67. The molecule has 1 N–H and O–H groups in total. The molecule has 0 atom stereocenters. The first-order valence-electron chi connectivity index (χ1n) is 5.69. The molecular formula is C12H11Cl2N3O3. The number of carboxylic acid groups (broad SMARTS) is 1. The third kappa shape index (κ3) is 3.61. The fourth-order valence-electron chi connectivity index (χ4n) is 1.53. The van der Waals surface area contributed by atoms with Crippen molar-refractivity contribution in [1.29, 1.82) is 0 Å². The zero-order valence-corrected chi connectivity index (χ0v) is 12.0. The van der Waals surface area contributed by atoms with Crippen LogP contribution >= 0.6 is 23.2 Å². The molecule has 1 heterocycles. The van der Waals surface area contributed by atoms with Gasteiger partial charge in [0.25, 0.3) is 0 Å². The van der Waals surface area contributed by atoms with Crippen LogP contribution in [-0.2, 0) is 4.79 Å². The smallest absolute Gasteiger partial charge is 0.324 e. The highest BCUT2D eigenvalue weighted by Crippen LogP contribution is 2.26. The fourth-order valence-corrected chi connectivity index (χ4v) is 2.06. The SMILES string of the molecule is CN(CCC(=O)O)c1nc(-c2cc(Cl)cc(Cl)c2)no1. The van der Waals surface area contributed by atoms with Gasteiger partial charge in [-0.1, -0.05) is 28.4 Å². The van der Waals surface area contributed by atoms with Crippen LogP contribution in [0.25, 0.3) is 11.4 Å². The Morgan fingerprint density at radius 3 is 2.60 bits per heavy atom. The highest BCUT2D eigenvalue weighted by molar-refractivity contribution is 6.35. The molecular weight excluding hydrogens is 305 g/mol. The molecule has 0 aliphatic heterocycles. The molecule has 1 aromatic carbocycles. The van der Waals surface area contributed by atoms with Gasteiger partial charge >= 0.3 is 12.0 Å². The highest BCUT2D eigenvalue weighted by Gasteiger charge is 2.14. The second-order valence-corrected chi connectivity index (χ2v) is 5.00. The Bertz CT molecular complexity index is 610. The lowest BCUT2D eigenvalue weighted by Crippen LogP contribution is -2.21. The Morgan fingerprint density at radius 2 is 2.00 bits per heavy atom. The van der Waals surface area contributed by atoms with E-state index in [4.69, 9.17) is 32.8 Å². The van der Waals surface area contributed by atoms with Crippen LogP contribution in [0.1, 0.15) is 6.42 Å². The molecule has 0 saturated heterocycles. The summed E-state index contributed by atoms with van der Waals surface area (Å²) in [6.07, 6.45) is -0.0167. The first-order valence-corrected chi connectivity index (χ1v) is 6.44. The molecule has 1 aromatic heterocycles. The van der Waals surface area contributed by atoms with Crippen molar-refractivity contribution < 1.29 is 14.4 Å². The Kier molecular flexibility index (Phi) is 4.46. The van der Waals surface area contributed by atoms with Crippen molar-refractivity contribution in [2.75, 3.05) is 18.5 Å². The normalized spacial score (nSPS) is 10.6. The van der Waals surface area contributed by atoms with Crippen molar-refractivity contribution >= 4 is 35.2 Å². The Labute approximate surface area is 124 Å². The molecule has 0 radical (unpaired) electrons. The number of benzene rings is 1. The first kappa shape index (κ1) is 14.6. The van der Waals surface area contributed by atoms with Crippen molar-refractivity contribution in [2.24, 2.45) is 0 Å². The average molecular weight is 316 g/mol. The van der Waals surface area contributed by atoms with Crippen LogP contribution < -0.4 is 4.90 Å². The van der Waals surface area contributed by atoms with E-state index in [0.717, 1.165) is 0 Å². The van der Waals surface area contributed by atoms with Crippen LogP contribution in [0.15, 0.2) is 22.7 Å². The molecule has 0 aliphatic carbocycles. The number of carbonyl (C=O) groups is 1. The number of carboxylic acids is 1. The van der Waals surface area contributed by atoms with E-state index in [1.807, 2.05) is 0 Å². The second-order valence-electron chi connectivity index (χ2n) is 4.12. The van der Waals surface area contributed by atoms with Crippen LogP contribution in [0.5, 0.6) is 0 Å². The van der Waals surface area contributed by atoms with Gasteiger partial charge in [-0.15, -0.1) is 0 Å². The lowest BCUT2D eigenvalue weighted by Gasteiger charge is -2.10. The van der Waals surface area contributed by atoms with Gasteiger partial charge in [-0.25, -0.2) is 0 Å². The summed E-state index contributed by atoms with van der Waals surface area (Å²) in [5.74, 6) is -0.551. The molecule has 0 bridgehead atoms. The number of aliphatic carboxylic acids is 1. The minimum absolute atomic E-state index is 0.0167. The molecule has 0 fully saturated rings. The maximum Gasteiger partial charge on any atom is 0.324 e. The van der Waals surface area contributed by atoms with E-state index in [1.54, 1.807) is 30.1 Å². The number of hydrogen-bond acceptors (Lipinski definition) is 5. The van der Waals surface area contributed by atoms with Crippen molar-refractivity contribution in [3.05, 3.63) is 28.2 Å². The first-order chi connectivity index (χ1) is 9.45. The van der Waals surface area contributed by atoms with Gasteiger partial charge in [0, 0.05) is 29.2 Å². The number of rotatable bonds is 5. The van der Waals surface area contributed by atoms with E-state index >= 15 is 0 Å². The maximum absolute atomic E-state index is 10.5. The quantitative estimate of drug-likeness (QED) is 0.913. The molecule has 0 unspecified atom stereocenters. The Morgan fingerprint density at radius 1 is 1.35 bits per heavy atom. The van der Waals surface area contributed by atoms with E-state index in [9.17, 15) is 4.79 Å². The number of nitrogens with zero attached hydrogens (tertiary/aromatic N) is 3. The minimum atomic E-state index is -0.891. The molecule has 20 heavy (non-hydrogen) atoms. The van der Waals surface area contributed by atoms with Gasteiger partial charge < -0.3 is 14.5 Å². The second kappa shape index (κ2) is 6.11. The summed E-state index contributed by atoms with van der Waals surface area (Å²) in [5, 5.41) is 13.4. The van der Waals surface area contributed by atoms with Gasteiger partial charge in [0.05, 0.1) is 6.42 Å². The largest absolute Gasteiger partial charge is 0.481 e. The number of anilines is 1. The summed E-state index contributed by atoms with van der Waals surface area (Å²) >= 11 is 11.8. The summed E-state index contributed by atoms with van der Waals surface area (Å²) < 4.78 is 5.08. The number of aromatic nitrogens is 2. The number of halogens is 2. The van der Waals surface area contributed by atoms with E-state index in [0.29, 0.717) is 21.4 Å². The van der Waals surface area contributed by atoms with E-state index in [2.05, 4.69) is 10.1 Å². The summed E-state index contributed by atoms with van der Waals surface area (Å²) in [6.45, 7) is 0.271. The van der Waals surface area contributed by atoms with Crippen LogP contribution in [0.2, 0.25) is 10.0 Å². The Hall–Kier alpha value is -1.79. The molecule has 0 saturated carbocycles. The topological polar surface area (TPSA) is 79.5 Å². The predicted molar refractivity (Wildman–Crippen MR) is 75.3 cm³/mol. The van der Waals surface area contributed by atoms with Crippen molar-refractivity contribution in [3.63, 3.8) is 0 Å². The van der Waals surface area contributed by atoms with Crippen molar-refractivity contribution in [3.8, 4) is 11.4 Å². The number of hydrogen-bond donors (Lipinski definition) is 1. The molecule has 6 nitrogen and oxygen atoms in total. The molecule has 2 aromatic rings. The van der Waals surface area contributed by atoms with Crippen LogP contribution in [0.4, 0.5) is 6.01 Å². The lowest BCUT2D eigenvalue weighted by molar-refractivity contribution is -0.136. The minimum Gasteiger partial charge on any atom is -0.481 e. The van der Waals surface area contributed by atoms with Crippen molar-refractivity contribution in [1.82, 2.24) is 10.1 Å². The summed E-state index contributed by atoms with van der Waals surface area (Å²) in [4.78, 5) is 16.3. The van der Waals surface area contributed by atoms with Gasteiger partial charge in [0.2, 0.25) is 5.82 Å². The molecule has 0 aliphatic rings. The average Bonchev–Trinajstić information content (AvgIpc) is 2.84. The van der Waals surface area contributed by atoms with Gasteiger partial charge in [0.15, 0.2) is 0 Å². The van der Waals surface area contributed by atoms with Gasteiger partial charge in [-0.3, -0.25) is 4.79 Å². The summed E-state index contributed by atoms with van der Waals surface area (Å²) in [5.41, 5.74) is 0.629. The van der Waals surface area contributed by atoms with E-state index in [1.165, 1.54) is 0 Å². The van der Waals surface area contributed by atoms with Gasteiger partial charge in [-0.2, -0.15) is 4.98 Å². The zero-order chi connectivity index (χ0) is 14.7. The molecule has 0 amide bonds. The monoisotopic (exact) mass is 315 g/mol. The van der Waals surface area contributed by atoms with Crippen molar-refractivity contribution in [2.45, 2.75) is 6.42 Å².